The molecule has 0 saturated carbocycles. The minimum atomic E-state index is -3.61. The third kappa shape index (κ3) is 4.39. The number of hydrogen-bond donors (Lipinski definition) is 1. The summed E-state index contributed by atoms with van der Waals surface area (Å²) in [6, 6.07) is 12.5. The lowest BCUT2D eigenvalue weighted by molar-refractivity contribution is -0.122. The monoisotopic (exact) mass is 465 g/mol. The van der Waals surface area contributed by atoms with Crippen LogP contribution in [0, 0.1) is 0 Å². The van der Waals surface area contributed by atoms with Crippen molar-refractivity contribution in [1.82, 2.24) is 4.31 Å². The van der Waals surface area contributed by atoms with Gasteiger partial charge in [0, 0.05) is 18.8 Å². The first kappa shape index (κ1) is 21.6. The topological polar surface area (TPSA) is 113 Å². The van der Waals surface area contributed by atoms with E-state index in [0.717, 1.165) is 23.4 Å². The minimum Gasteiger partial charge on any atom is -0.476 e. The van der Waals surface area contributed by atoms with E-state index in [1.54, 1.807) is 24.3 Å². The van der Waals surface area contributed by atoms with Gasteiger partial charge in [-0.2, -0.15) is 4.31 Å². The molecule has 0 radical (unpaired) electrons. The molecule has 4 rings (SSSR count). The summed E-state index contributed by atoms with van der Waals surface area (Å²) in [5.74, 6) is -0.232. The molecule has 166 valence electrons. The standard InChI is InChI=1S/C20H23N3O6S2/c1-30(25,26)23-14-19(29-18-7-3-2-6-17(18)23)20(24)21-15-8-10-16(11-9-15)31(27,28)22-12-4-5-13-22/h2-3,6-11,19H,4-5,12-14H2,1H3,(H,21,24)/t19-/m1/s1. The van der Waals surface area contributed by atoms with Gasteiger partial charge >= 0.3 is 0 Å². The van der Waals surface area contributed by atoms with Gasteiger partial charge in [-0.05, 0) is 49.2 Å². The number of fused-ring (bicyclic) bond motifs is 1. The molecule has 2 aliphatic heterocycles. The number of ether oxygens (including phenoxy) is 1. The van der Waals surface area contributed by atoms with E-state index in [4.69, 9.17) is 4.74 Å². The molecule has 1 saturated heterocycles. The summed E-state index contributed by atoms with van der Waals surface area (Å²) >= 11 is 0. The molecule has 0 aliphatic carbocycles. The second-order valence-corrected chi connectivity index (χ2v) is 11.3. The Bertz CT molecular complexity index is 1190. The second kappa shape index (κ2) is 8.13. The Morgan fingerprint density at radius 2 is 1.65 bits per heavy atom. The largest absolute Gasteiger partial charge is 0.476 e. The number of benzene rings is 2. The summed E-state index contributed by atoms with van der Waals surface area (Å²) in [6.45, 7) is 0.861. The van der Waals surface area contributed by atoms with Crippen LogP contribution in [-0.2, 0) is 24.8 Å². The molecule has 0 aromatic heterocycles. The Hall–Kier alpha value is -2.63. The van der Waals surface area contributed by atoms with E-state index in [1.807, 2.05) is 0 Å². The first-order chi connectivity index (χ1) is 14.7. The van der Waals surface area contributed by atoms with E-state index >= 15 is 0 Å². The average molecular weight is 466 g/mol. The van der Waals surface area contributed by atoms with Gasteiger partial charge in [0.2, 0.25) is 20.0 Å². The van der Waals surface area contributed by atoms with Crippen molar-refractivity contribution in [2.45, 2.75) is 23.8 Å². The molecule has 1 amide bonds. The van der Waals surface area contributed by atoms with Gasteiger partial charge in [-0.15, -0.1) is 0 Å². The highest BCUT2D eigenvalue weighted by Crippen LogP contribution is 2.34. The maximum atomic E-state index is 12.8. The quantitative estimate of drug-likeness (QED) is 0.718. The zero-order chi connectivity index (χ0) is 22.2. The van der Waals surface area contributed by atoms with Crippen molar-refractivity contribution in [3.63, 3.8) is 0 Å². The molecule has 0 bridgehead atoms. The number of amides is 1. The molecule has 2 aromatic rings. The molecule has 11 heteroatoms. The van der Waals surface area contributed by atoms with E-state index in [2.05, 4.69) is 5.32 Å². The lowest BCUT2D eigenvalue weighted by Crippen LogP contribution is -2.48. The molecule has 0 unspecified atom stereocenters. The summed E-state index contributed by atoms with van der Waals surface area (Å²) < 4.78 is 57.9. The van der Waals surface area contributed by atoms with Crippen LogP contribution in [0.3, 0.4) is 0 Å². The normalized spacial score (nSPS) is 19.5. The number of rotatable bonds is 5. The molecular weight excluding hydrogens is 442 g/mol. The maximum Gasteiger partial charge on any atom is 0.267 e. The Kier molecular flexibility index (Phi) is 5.67. The lowest BCUT2D eigenvalue weighted by atomic mass is 10.2. The first-order valence-corrected chi connectivity index (χ1v) is 13.1. The van der Waals surface area contributed by atoms with Crippen LogP contribution in [0.1, 0.15) is 12.8 Å². The van der Waals surface area contributed by atoms with Crippen molar-refractivity contribution < 1.29 is 26.4 Å². The number of para-hydroxylation sites is 2. The van der Waals surface area contributed by atoms with Gasteiger partial charge in [0.25, 0.3) is 5.91 Å². The van der Waals surface area contributed by atoms with Crippen molar-refractivity contribution in [1.29, 1.82) is 0 Å². The summed E-state index contributed by atoms with van der Waals surface area (Å²) in [5.41, 5.74) is 0.768. The first-order valence-electron chi connectivity index (χ1n) is 9.81. The maximum absolute atomic E-state index is 12.8. The number of nitrogens with zero attached hydrogens (tertiary/aromatic N) is 2. The van der Waals surface area contributed by atoms with Crippen LogP contribution in [0.25, 0.3) is 0 Å². The number of carbonyl (C=O) groups is 1. The Balaban J connectivity index is 1.50. The summed E-state index contributed by atoms with van der Waals surface area (Å²) in [7, 11) is -7.15. The third-order valence-electron chi connectivity index (χ3n) is 5.25. The summed E-state index contributed by atoms with van der Waals surface area (Å²) in [5, 5.41) is 2.67. The van der Waals surface area contributed by atoms with Crippen molar-refractivity contribution in [3.8, 4) is 5.75 Å². The molecule has 0 spiro atoms. The Morgan fingerprint density at radius 3 is 2.29 bits per heavy atom. The van der Waals surface area contributed by atoms with Crippen LogP contribution in [0.5, 0.6) is 5.75 Å². The molecule has 1 atom stereocenters. The van der Waals surface area contributed by atoms with Crippen LogP contribution in [0.2, 0.25) is 0 Å². The van der Waals surface area contributed by atoms with E-state index in [1.165, 1.54) is 28.6 Å². The highest BCUT2D eigenvalue weighted by molar-refractivity contribution is 7.92. The van der Waals surface area contributed by atoms with Crippen LogP contribution >= 0.6 is 0 Å². The zero-order valence-corrected chi connectivity index (χ0v) is 18.5. The predicted molar refractivity (Wildman–Crippen MR) is 116 cm³/mol. The molecule has 1 N–H and O–H groups in total. The van der Waals surface area contributed by atoms with E-state index < -0.39 is 32.1 Å². The smallest absolute Gasteiger partial charge is 0.267 e. The van der Waals surface area contributed by atoms with E-state index in [9.17, 15) is 21.6 Å². The van der Waals surface area contributed by atoms with Gasteiger partial charge in [-0.3, -0.25) is 9.10 Å². The second-order valence-electron chi connectivity index (χ2n) is 7.49. The SMILES string of the molecule is CS(=O)(=O)N1C[C@H](C(=O)Nc2ccc(S(=O)(=O)N3CCCC3)cc2)Oc2ccccc21. The molecular formula is C20H23N3O6S2. The van der Waals surface area contributed by atoms with Gasteiger partial charge < -0.3 is 10.1 Å². The fourth-order valence-corrected chi connectivity index (χ4v) is 6.09. The molecule has 2 heterocycles. The fraction of sp³-hybridized carbons (Fsp3) is 0.350. The predicted octanol–water partition coefficient (Wildman–Crippen LogP) is 1.64. The number of sulfonamides is 2. The van der Waals surface area contributed by atoms with Gasteiger partial charge in [0.1, 0.15) is 5.75 Å². The van der Waals surface area contributed by atoms with Crippen LogP contribution in [-0.4, -0.2) is 59.0 Å². The van der Waals surface area contributed by atoms with E-state index in [-0.39, 0.29) is 11.4 Å². The molecule has 9 nitrogen and oxygen atoms in total. The number of carbonyl (C=O) groups excluding carboxylic acids is 1. The van der Waals surface area contributed by atoms with Crippen molar-refractivity contribution in [2.24, 2.45) is 0 Å². The summed E-state index contributed by atoms with van der Waals surface area (Å²) in [4.78, 5) is 12.9. The molecule has 31 heavy (non-hydrogen) atoms. The van der Waals surface area contributed by atoms with Gasteiger partial charge in [0.05, 0.1) is 23.4 Å². The number of hydrogen-bond acceptors (Lipinski definition) is 6. The zero-order valence-electron chi connectivity index (χ0n) is 16.9. The Morgan fingerprint density at radius 1 is 1.00 bits per heavy atom. The lowest BCUT2D eigenvalue weighted by Gasteiger charge is -2.33. The van der Waals surface area contributed by atoms with E-state index in [0.29, 0.717) is 30.2 Å². The number of nitrogens with one attached hydrogen (secondary N) is 1. The van der Waals surface area contributed by atoms with Gasteiger partial charge in [-0.25, -0.2) is 16.8 Å². The third-order valence-corrected chi connectivity index (χ3v) is 8.31. The number of anilines is 2. The van der Waals surface area contributed by atoms with Crippen molar-refractivity contribution >= 4 is 37.3 Å². The van der Waals surface area contributed by atoms with Gasteiger partial charge in [-0.1, -0.05) is 12.1 Å². The highest BCUT2D eigenvalue weighted by atomic mass is 32.2. The molecule has 2 aromatic carbocycles. The van der Waals surface area contributed by atoms with Crippen LogP contribution in [0.15, 0.2) is 53.4 Å². The fourth-order valence-electron chi connectivity index (χ4n) is 3.66. The van der Waals surface area contributed by atoms with Crippen molar-refractivity contribution in [3.05, 3.63) is 48.5 Å². The van der Waals surface area contributed by atoms with Crippen LogP contribution in [0.4, 0.5) is 11.4 Å². The molecule has 1 fully saturated rings. The summed E-state index contributed by atoms with van der Waals surface area (Å²) in [6.07, 6.45) is 1.71. The highest BCUT2D eigenvalue weighted by Gasteiger charge is 2.35. The minimum absolute atomic E-state index is 0.164. The Labute approximate surface area is 181 Å². The van der Waals surface area contributed by atoms with Gasteiger partial charge in [0.15, 0.2) is 6.10 Å². The average Bonchev–Trinajstić information content (AvgIpc) is 3.28. The van der Waals surface area contributed by atoms with Crippen molar-refractivity contribution in [2.75, 3.05) is 35.5 Å². The van der Waals surface area contributed by atoms with Crippen LogP contribution < -0.4 is 14.4 Å². The molecule has 2 aliphatic rings.